The SMILES string of the molecule is CC#CCCN(CC#N)C(C)C. The van der Waals surface area contributed by atoms with Gasteiger partial charge in [-0.1, -0.05) is 0 Å². The topological polar surface area (TPSA) is 27.0 Å². The number of nitriles is 1. The Morgan fingerprint density at radius 3 is 2.50 bits per heavy atom. The molecule has 0 N–H and O–H groups in total. The van der Waals surface area contributed by atoms with Crippen molar-refractivity contribution < 1.29 is 0 Å². The molecular formula is C10H16N2. The van der Waals surface area contributed by atoms with Crippen LogP contribution in [0.5, 0.6) is 0 Å². The summed E-state index contributed by atoms with van der Waals surface area (Å²) in [5.74, 6) is 5.84. The van der Waals surface area contributed by atoms with Crippen LogP contribution in [-0.4, -0.2) is 24.0 Å². The molecule has 0 fully saturated rings. The maximum atomic E-state index is 8.51. The zero-order chi connectivity index (χ0) is 9.40. The van der Waals surface area contributed by atoms with Crippen molar-refractivity contribution in [2.24, 2.45) is 0 Å². The summed E-state index contributed by atoms with van der Waals surface area (Å²) in [6.45, 7) is 7.42. The van der Waals surface area contributed by atoms with Gasteiger partial charge in [-0.25, -0.2) is 0 Å². The predicted octanol–water partition coefficient (Wildman–Crippen LogP) is 1.63. The first-order chi connectivity index (χ1) is 5.72. The van der Waals surface area contributed by atoms with Crippen LogP contribution in [0.1, 0.15) is 27.2 Å². The standard InChI is InChI=1S/C10H16N2/c1-4-5-6-8-12(9-7-11)10(2)3/h10H,6,8-9H2,1-3H3. The second-order valence-electron chi connectivity index (χ2n) is 2.90. The van der Waals surface area contributed by atoms with Gasteiger partial charge in [-0.2, -0.15) is 5.26 Å². The maximum absolute atomic E-state index is 8.51. The maximum Gasteiger partial charge on any atom is 0.0868 e. The molecule has 0 aliphatic heterocycles. The Morgan fingerprint density at radius 2 is 2.08 bits per heavy atom. The molecular weight excluding hydrogens is 148 g/mol. The molecule has 0 rings (SSSR count). The Morgan fingerprint density at radius 1 is 1.42 bits per heavy atom. The summed E-state index contributed by atoms with van der Waals surface area (Å²) in [6, 6.07) is 2.59. The van der Waals surface area contributed by atoms with E-state index in [1.54, 1.807) is 0 Å². The summed E-state index contributed by atoms with van der Waals surface area (Å²) >= 11 is 0. The van der Waals surface area contributed by atoms with Crippen molar-refractivity contribution >= 4 is 0 Å². The van der Waals surface area contributed by atoms with E-state index in [-0.39, 0.29) is 0 Å². The third kappa shape index (κ3) is 4.77. The van der Waals surface area contributed by atoms with Gasteiger partial charge in [0.1, 0.15) is 0 Å². The molecule has 0 spiro atoms. The molecule has 0 bridgehead atoms. The van der Waals surface area contributed by atoms with Crippen molar-refractivity contribution in [3.63, 3.8) is 0 Å². The van der Waals surface area contributed by atoms with Crippen LogP contribution in [0.2, 0.25) is 0 Å². The van der Waals surface area contributed by atoms with Crippen molar-refractivity contribution in [1.82, 2.24) is 4.90 Å². The molecule has 0 saturated carbocycles. The van der Waals surface area contributed by atoms with Crippen LogP contribution in [0.4, 0.5) is 0 Å². The van der Waals surface area contributed by atoms with E-state index in [0.717, 1.165) is 13.0 Å². The fourth-order valence-corrected chi connectivity index (χ4v) is 0.935. The largest absolute Gasteiger partial charge is 0.287 e. The Bertz CT molecular complexity index is 202. The monoisotopic (exact) mass is 164 g/mol. The van der Waals surface area contributed by atoms with Crippen LogP contribution in [0.3, 0.4) is 0 Å². The van der Waals surface area contributed by atoms with Gasteiger partial charge in [0.05, 0.1) is 12.6 Å². The molecule has 0 unspecified atom stereocenters. The quantitative estimate of drug-likeness (QED) is 0.466. The number of rotatable bonds is 4. The summed E-state index contributed by atoms with van der Waals surface area (Å²) in [7, 11) is 0. The molecule has 0 radical (unpaired) electrons. The van der Waals surface area contributed by atoms with Crippen LogP contribution in [0.25, 0.3) is 0 Å². The predicted molar refractivity (Wildman–Crippen MR) is 50.4 cm³/mol. The molecule has 0 heterocycles. The Balaban J connectivity index is 3.78. The van der Waals surface area contributed by atoms with Crippen molar-refractivity contribution in [3.8, 4) is 17.9 Å². The van der Waals surface area contributed by atoms with Gasteiger partial charge in [0, 0.05) is 19.0 Å². The Hall–Kier alpha value is -0.990. The average Bonchev–Trinajstić information content (AvgIpc) is 2.03. The van der Waals surface area contributed by atoms with Gasteiger partial charge in [0.15, 0.2) is 0 Å². The van der Waals surface area contributed by atoms with Gasteiger partial charge in [-0.3, -0.25) is 4.90 Å². The highest BCUT2D eigenvalue weighted by atomic mass is 15.1. The minimum atomic E-state index is 0.434. The minimum absolute atomic E-state index is 0.434. The molecule has 0 aliphatic carbocycles. The minimum Gasteiger partial charge on any atom is -0.287 e. The van der Waals surface area contributed by atoms with E-state index in [1.165, 1.54) is 0 Å². The highest BCUT2D eigenvalue weighted by Crippen LogP contribution is 1.97. The molecule has 0 aromatic heterocycles. The molecule has 0 aromatic rings. The van der Waals surface area contributed by atoms with Crippen LogP contribution in [0, 0.1) is 23.2 Å². The van der Waals surface area contributed by atoms with Crippen molar-refractivity contribution in [2.75, 3.05) is 13.1 Å². The highest BCUT2D eigenvalue weighted by molar-refractivity contribution is 4.96. The summed E-state index contributed by atoms with van der Waals surface area (Å²) in [4.78, 5) is 2.12. The lowest BCUT2D eigenvalue weighted by atomic mass is 10.3. The van der Waals surface area contributed by atoms with Gasteiger partial charge in [-0.15, -0.1) is 11.8 Å². The molecule has 0 aromatic carbocycles. The molecule has 12 heavy (non-hydrogen) atoms. The zero-order valence-corrected chi connectivity index (χ0v) is 8.09. The Labute approximate surface area is 75.2 Å². The molecule has 0 atom stereocenters. The van der Waals surface area contributed by atoms with E-state index in [1.807, 2.05) is 6.92 Å². The van der Waals surface area contributed by atoms with E-state index in [4.69, 9.17) is 5.26 Å². The summed E-state index contributed by atoms with van der Waals surface area (Å²) < 4.78 is 0. The lowest BCUT2D eigenvalue weighted by Gasteiger charge is -2.21. The first-order valence-electron chi connectivity index (χ1n) is 4.23. The normalized spacial score (nSPS) is 9.33. The van der Waals surface area contributed by atoms with Gasteiger partial charge >= 0.3 is 0 Å². The fraction of sp³-hybridized carbons (Fsp3) is 0.700. The summed E-state index contributed by atoms with van der Waals surface area (Å²) in [6.07, 6.45) is 0.858. The van der Waals surface area contributed by atoms with Crippen LogP contribution >= 0.6 is 0 Å². The number of hydrogen-bond acceptors (Lipinski definition) is 2. The summed E-state index contributed by atoms with van der Waals surface area (Å²) in [5.41, 5.74) is 0. The van der Waals surface area contributed by atoms with Crippen LogP contribution in [-0.2, 0) is 0 Å². The van der Waals surface area contributed by atoms with E-state index in [2.05, 4.69) is 36.7 Å². The first-order valence-corrected chi connectivity index (χ1v) is 4.23. The van der Waals surface area contributed by atoms with Crippen molar-refractivity contribution in [2.45, 2.75) is 33.2 Å². The second kappa shape index (κ2) is 6.70. The number of nitrogens with zero attached hydrogens (tertiary/aromatic N) is 2. The van der Waals surface area contributed by atoms with Crippen molar-refractivity contribution in [1.29, 1.82) is 5.26 Å². The lowest BCUT2D eigenvalue weighted by Crippen LogP contribution is -2.31. The van der Waals surface area contributed by atoms with Gasteiger partial charge in [0.2, 0.25) is 0 Å². The number of hydrogen-bond donors (Lipinski definition) is 0. The third-order valence-corrected chi connectivity index (χ3v) is 1.70. The molecule has 0 amide bonds. The van der Waals surface area contributed by atoms with E-state index in [9.17, 15) is 0 Å². The molecule has 2 nitrogen and oxygen atoms in total. The average molecular weight is 164 g/mol. The van der Waals surface area contributed by atoms with Crippen LogP contribution < -0.4 is 0 Å². The van der Waals surface area contributed by atoms with Gasteiger partial charge in [-0.05, 0) is 20.8 Å². The van der Waals surface area contributed by atoms with Crippen LogP contribution in [0.15, 0.2) is 0 Å². The molecule has 2 heteroatoms. The van der Waals surface area contributed by atoms with E-state index >= 15 is 0 Å². The fourth-order valence-electron chi connectivity index (χ4n) is 0.935. The zero-order valence-electron chi connectivity index (χ0n) is 8.09. The third-order valence-electron chi connectivity index (χ3n) is 1.70. The molecule has 0 aliphatic rings. The molecule has 66 valence electrons. The molecule has 0 saturated heterocycles. The smallest absolute Gasteiger partial charge is 0.0868 e. The van der Waals surface area contributed by atoms with Crippen molar-refractivity contribution in [3.05, 3.63) is 0 Å². The first kappa shape index (κ1) is 11.0. The van der Waals surface area contributed by atoms with E-state index in [0.29, 0.717) is 12.6 Å². The van der Waals surface area contributed by atoms with Gasteiger partial charge in [0.25, 0.3) is 0 Å². The van der Waals surface area contributed by atoms with Gasteiger partial charge < -0.3 is 0 Å². The second-order valence-corrected chi connectivity index (χ2v) is 2.90. The summed E-state index contributed by atoms with van der Waals surface area (Å²) in [5, 5.41) is 8.51. The lowest BCUT2D eigenvalue weighted by molar-refractivity contribution is 0.255. The van der Waals surface area contributed by atoms with E-state index < -0.39 is 0 Å². The Kier molecular flexibility index (Phi) is 6.15. The highest BCUT2D eigenvalue weighted by Gasteiger charge is 2.06.